The zero-order valence-corrected chi connectivity index (χ0v) is 19.4. The fourth-order valence-electron chi connectivity index (χ4n) is 3.94. The van der Waals surface area contributed by atoms with E-state index < -0.39 is 51.9 Å². The number of aromatic nitrogens is 2. The molecule has 1 heterocycles. The largest absolute Gasteiger partial charge is 0.462 e. The number of esters is 2. The van der Waals surface area contributed by atoms with E-state index in [1.54, 1.807) is 60.7 Å². The van der Waals surface area contributed by atoms with Crippen molar-refractivity contribution in [1.29, 1.82) is 0 Å². The topological polar surface area (TPSA) is 134 Å². The highest BCUT2D eigenvalue weighted by Gasteiger charge is 2.47. The van der Waals surface area contributed by atoms with Crippen LogP contribution >= 0.6 is 11.6 Å². The second-order valence-electron chi connectivity index (χ2n) is 7.99. The van der Waals surface area contributed by atoms with Crippen molar-refractivity contribution in [1.82, 2.24) is 9.97 Å². The van der Waals surface area contributed by atoms with E-state index in [2.05, 4.69) is 15.3 Å². The van der Waals surface area contributed by atoms with Crippen molar-refractivity contribution in [2.45, 2.75) is 24.7 Å². The van der Waals surface area contributed by atoms with E-state index in [0.717, 1.165) is 6.33 Å². The molecule has 36 heavy (non-hydrogen) atoms. The van der Waals surface area contributed by atoms with E-state index >= 15 is 4.39 Å². The number of nitrogens with zero attached hydrogens (tertiary/aromatic N) is 3. The van der Waals surface area contributed by atoms with Gasteiger partial charge in [0, 0.05) is 6.42 Å². The molecule has 0 amide bonds. The number of alkyl halides is 1. The van der Waals surface area contributed by atoms with Crippen LogP contribution in [0.4, 0.5) is 15.9 Å². The standard InChI is InChI=1S/C24H20ClFN4O6/c25-21-20(30(33)34)22(28-13-27-21)29-17-11-18(36-24(32)15-9-5-2-6-10-15)16(19(17)26)12-35-23(31)14-7-3-1-4-8-14/h1-10,13,16-19H,11-12H2,(H,27,28,29)/t16-,17+,18+,19+/m1/s1. The van der Waals surface area contributed by atoms with E-state index in [4.69, 9.17) is 21.1 Å². The number of carbonyl (C=O) groups excluding carboxylic acids is 2. The molecule has 0 saturated heterocycles. The normalized spacial score (nSPS) is 20.9. The van der Waals surface area contributed by atoms with Crippen molar-refractivity contribution in [3.05, 3.63) is 93.4 Å². The van der Waals surface area contributed by atoms with Gasteiger partial charge in [-0.3, -0.25) is 10.1 Å². The van der Waals surface area contributed by atoms with Crippen molar-refractivity contribution in [2.24, 2.45) is 5.92 Å². The van der Waals surface area contributed by atoms with E-state index in [0.29, 0.717) is 0 Å². The molecule has 12 heteroatoms. The summed E-state index contributed by atoms with van der Waals surface area (Å²) in [6.07, 6.45) is -1.77. The molecule has 0 radical (unpaired) electrons. The van der Waals surface area contributed by atoms with E-state index in [1.165, 1.54) is 0 Å². The Hall–Kier alpha value is -4.12. The third-order valence-corrected chi connectivity index (χ3v) is 6.00. The van der Waals surface area contributed by atoms with E-state index in [1.807, 2.05) is 0 Å². The molecule has 186 valence electrons. The van der Waals surface area contributed by atoms with E-state index in [9.17, 15) is 19.7 Å². The molecule has 3 aromatic rings. The van der Waals surface area contributed by atoms with Crippen LogP contribution in [0.25, 0.3) is 0 Å². The molecule has 1 N–H and O–H groups in total. The third kappa shape index (κ3) is 5.57. The Bertz CT molecular complexity index is 1250. The Kier molecular flexibility index (Phi) is 7.69. The zero-order chi connectivity index (χ0) is 25.7. The summed E-state index contributed by atoms with van der Waals surface area (Å²) in [5.41, 5.74) is -0.0598. The minimum absolute atomic E-state index is 0.0634. The summed E-state index contributed by atoms with van der Waals surface area (Å²) < 4.78 is 26.5. The molecule has 0 aliphatic heterocycles. The van der Waals surface area contributed by atoms with Crippen LogP contribution in [-0.2, 0) is 9.47 Å². The smallest absolute Gasteiger partial charge is 0.348 e. The lowest BCUT2D eigenvalue weighted by molar-refractivity contribution is -0.384. The predicted octanol–water partition coefficient (Wildman–Crippen LogP) is 4.26. The van der Waals surface area contributed by atoms with Gasteiger partial charge < -0.3 is 14.8 Å². The molecular formula is C24H20ClFN4O6. The van der Waals surface area contributed by atoms with Gasteiger partial charge in [0.25, 0.3) is 0 Å². The van der Waals surface area contributed by atoms with Crippen molar-refractivity contribution in [3.8, 4) is 0 Å². The van der Waals surface area contributed by atoms with Crippen molar-refractivity contribution in [2.75, 3.05) is 11.9 Å². The van der Waals surface area contributed by atoms with Crippen LogP contribution in [-0.4, -0.2) is 51.8 Å². The summed E-state index contributed by atoms with van der Waals surface area (Å²) in [5.74, 6) is -2.66. The molecule has 0 spiro atoms. The minimum Gasteiger partial charge on any atom is -0.462 e. The molecule has 1 saturated carbocycles. The fraction of sp³-hybridized carbons (Fsp3) is 0.250. The highest BCUT2D eigenvalue weighted by atomic mass is 35.5. The van der Waals surface area contributed by atoms with Crippen LogP contribution in [0.5, 0.6) is 0 Å². The maximum atomic E-state index is 15.6. The summed E-state index contributed by atoms with van der Waals surface area (Å²) in [6, 6.07) is 15.3. The van der Waals surface area contributed by atoms with Gasteiger partial charge in [-0.2, -0.15) is 0 Å². The van der Waals surface area contributed by atoms with Gasteiger partial charge in [0.1, 0.15) is 25.2 Å². The fourth-order valence-corrected chi connectivity index (χ4v) is 4.14. The van der Waals surface area contributed by atoms with Gasteiger partial charge >= 0.3 is 17.6 Å². The first-order chi connectivity index (χ1) is 17.3. The number of anilines is 1. The lowest BCUT2D eigenvalue weighted by Crippen LogP contribution is -2.33. The second-order valence-corrected chi connectivity index (χ2v) is 8.35. The number of nitrogens with one attached hydrogen (secondary N) is 1. The van der Waals surface area contributed by atoms with Gasteiger partial charge in [-0.25, -0.2) is 23.9 Å². The lowest BCUT2D eigenvalue weighted by Gasteiger charge is -2.21. The average molecular weight is 515 g/mol. The van der Waals surface area contributed by atoms with Crippen molar-refractivity contribution >= 4 is 35.0 Å². The summed E-state index contributed by atoms with van der Waals surface area (Å²) >= 11 is 5.83. The number of hydrogen-bond acceptors (Lipinski definition) is 9. The highest BCUT2D eigenvalue weighted by Crippen LogP contribution is 2.37. The summed E-state index contributed by atoms with van der Waals surface area (Å²) in [5, 5.41) is 13.7. The summed E-state index contributed by atoms with van der Waals surface area (Å²) in [7, 11) is 0. The van der Waals surface area contributed by atoms with Gasteiger partial charge in [0.05, 0.1) is 28.0 Å². The predicted molar refractivity (Wildman–Crippen MR) is 126 cm³/mol. The molecular weight excluding hydrogens is 495 g/mol. The maximum absolute atomic E-state index is 15.6. The maximum Gasteiger partial charge on any atom is 0.348 e. The molecule has 4 atom stereocenters. The average Bonchev–Trinajstić information content (AvgIpc) is 3.16. The molecule has 1 aromatic heterocycles. The lowest BCUT2D eigenvalue weighted by atomic mass is 10.1. The minimum atomic E-state index is -1.71. The molecule has 10 nitrogen and oxygen atoms in total. The molecule has 0 unspecified atom stereocenters. The highest BCUT2D eigenvalue weighted by molar-refractivity contribution is 6.31. The number of rotatable bonds is 8. The van der Waals surface area contributed by atoms with Crippen molar-refractivity contribution < 1.29 is 28.4 Å². The summed E-state index contributed by atoms with van der Waals surface area (Å²) in [4.78, 5) is 43.1. The Morgan fingerprint density at radius 1 is 1.06 bits per heavy atom. The first kappa shape index (κ1) is 25.0. The number of benzene rings is 2. The van der Waals surface area contributed by atoms with Crippen LogP contribution in [0, 0.1) is 16.0 Å². The SMILES string of the molecule is O=C(OC[C@H]1[C@H](F)[C@@H](Nc2ncnc(Cl)c2[N+](=O)[O-])C[C@@H]1OC(=O)c1ccccc1)c1ccccc1. The van der Waals surface area contributed by atoms with Gasteiger partial charge in [-0.15, -0.1) is 0 Å². The summed E-state index contributed by atoms with van der Waals surface area (Å²) in [6.45, 7) is -0.383. The quantitative estimate of drug-likeness (QED) is 0.202. The molecule has 0 bridgehead atoms. The first-order valence-electron chi connectivity index (χ1n) is 10.9. The molecule has 4 rings (SSSR count). The number of carbonyl (C=O) groups is 2. The molecule has 2 aromatic carbocycles. The van der Waals surface area contributed by atoms with Crippen LogP contribution in [0.2, 0.25) is 5.15 Å². The van der Waals surface area contributed by atoms with Crippen LogP contribution in [0.15, 0.2) is 67.0 Å². The second kappa shape index (κ2) is 11.1. The Balaban J connectivity index is 1.54. The molecule has 1 aliphatic rings. The van der Waals surface area contributed by atoms with Crippen molar-refractivity contribution in [3.63, 3.8) is 0 Å². The third-order valence-electron chi connectivity index (χ3n) is 5.72. The van der Waals surface area contributed by atoms with Crippen LogP contribution < -0.4 is 5.32 Å². The Morgan fingerprint density at radius 2 is 1.67 bits per heavy atom. The Morgan fingerprint density at radius 3 is 2.28 bits per heavy atom. The van der Waals surface area contributed by atoms with E-state index in [-0.39, 0.29) is 30.0 Å². The van der Waals surface area contributed by atoms with Gasteiger partial charge in [-0.05, 0) is 24.3 Å². The van der Waals surface area contributed by atoms with Crippen LogP contribution in [0.3, 0.4) is 0 Å². The zero-order valence-electron chi connectivity index (χ0n) is 18.6. The first-order valence-corrected chi connectivity index (χ1v) is 11.3. The number of nitro groups is 1. The number of halogens is 2. The molecule has 1 fully saturated rings. The van der Waals surface area contributed by atoms with Gasteiger partial charge in [0.2, 0.25) is 11.0 Å². The number of hydrogen-bond donors (Lipinski definition) is 1. The Labute approximate surface area is 209 Å². The monoisotopic (exact) mass is 514 g/mol. The van der Waals surface area contributed by atoms with Gasteiger partial charge in [0.15, 0.2) is 0 Å². The van der Waals surface area contributed by atoms with Gasteiger partial charge in [-0.1, -0.05) is 48.0 Å². The van der Waals surface area contributed by atoms with Crippen LogP contribution in [0.1, 0.15) is 27.1 Å². The molecule has 1 aliphatic carbocycles. The number of ether oxygens (including phenoxy) is 2.